The van der Waals surface area contributed by atoms with E-state index in [2.05, 4.69) is 5.32 Å². The Balaban J connectivity index is 1.93. The zero-order valence-corrected chi connectivity index (χ0v) is 22.7. The molecule has 0 spiro atoms. The van der Waals surface area contributed by atoms with Crippen LogP contribution in [0.15, 0.2) is 83.8 Å². The minimum atomic E-state index is -0.684. The van der Waals surface area contributed by atoms with E-state index in [0.717, 1.165) is 16.0 Å². The van der Waals surface area contributed by atoms with Crippen molar-refractivity contribution >= 4 is 35.2 Å². The van der Waals surface area contributed by atoms with E-state index in [9.17, 15) is 9.59 Å². The summed E-state index contributed by atoms with van der Waals surface area (Å²) in [5.41, 5.74) is 1.44. The summed E-state index contributed by atoms with van der Waals surface area (Å²) in [6.45, 7) is 6.10. The van der Waals surface area contributed by atoms with Crippen LogP contribution < -0.4 is 10.1 Å². The van der Waals surface area contributed by atoms with Crippen LogP contribution in [0.3, 0.4) is 0 Å². The number of benzene rings is 3. The fourth-order valence-electron chi connectivity index (χ4n) is 3.73. The molecule has 0 aliphatic carbocycles. The second-order valence-electron chi connectivity index (χ2n) is 9.56. The van der Waals surface area contributed by atoms with E-state index in [1.54, 1.807) is 24.1 Å². The number of nitrogens with one attached hydrogen (secondary N) is 1. The van der Waals surface area contributed by atoms with Gasteiger partial charge in [-0.2, -0.15) is 0 Å². The summed E-state index contributed by atoms with van der Waals surface area (Å²) in [7, 11) is 1.61. The number of hydrogen-bond donors (Lipinski definition) is 1. The lowest BCUT2D eigenvalue weighted by molar-refractivity contribution is -0.140. The lowest BCUT2D eigenvalue weighted by atomic mass is 10.0. The molecule has 1 N–H and O–H groups in total. The summed E-state index contributed by atoms with van der Waals surface area (Å²) in [4.78, 5) is 29.9. The van der Waals surface area contributed by atoms with E-state index in [4.69, 9.17) is 16.3 Å². The number of hydrogen-bond acceptors (Lipinski definition) is 4. The van der Waals surface area contributed by atoms with Gasteiger partial charge in [-0.3, -0.25) is 9.59 Å². The van der Waals surface area contributed by atoms with Gasteiger partial charge in [0.25, 0.3) is 0 Å². The molecular formula is C29H33ClN2O3S. The predicted molar refractivity (Wildman–Crippen MR) is 148 cm³/mol. The zero-order chi connectivity index (χ0) is 26.1. The fourth-order valence-corrected chi connectivity index (χ4v) is 4.64. The number of carbonyl (C=O) groups excluding carboxylic acids is 2. The lowest BCUT2D eigenvalue weighted by Crippen LogP contribution is -2.54. The Morgan fingerprint density at radius 1 is 0.972 bits per heavy atom. The Morgan fingerprint density at radius 3 is 2.28 bits per heavy atom. The molecule has 7 heteroatoms. The summed E-state index contributed by atoms with van der Waals surface area (Å²) in [6, 6.07) is 24.1. The van der Waals surface area contributed by atoms with Crippen molar-refractivity contribution in [3.05, 3.63) is 95.0 Å². The predicted octanol–water partition coefficient (Wildman–Crippen LogP) is 6.00. The average molecular weight is 525 g/mol. The quantitative estimate of drug-likeness (QED) is 0.331. The van der Waals surface area contributed by atoms with Gasteiger partial charge in [-0.05, 0) is 68.3 Å². The molecule has 0 radical (unpaired) electrons. The molecule has 3 aromatic carbocycles. The van der Waals surface area contributed by atoms with Crippen molar-refractivity contribution in [1.29, 1.82) is 0 Å². The second-order valence-corrected chi connectivity index (χ2v) is 11.0. The second kappa shape index (κ2) is 12.8. The minimum Gasteiger partial charge on any atom is -0.497 e. The van der Waals surface area contributed by atoms with Crippen LogP contribution in [0.1, 0.15) is 31.9 Å². The van der Waals surface area contributed by atoms with E-state index in [-0.39, 0.29) is 24.1 Å². The summed E-state index contributed by atoms with van der Waals surface area (Å²) in [5.74, 6) is 0.593. The standard InChI is InChI=1S/C29H33ClN2O3S/c1-29(2,3)31-28(34)26(18-21-9-6-5-7-10-21)32(19-22-11-8-12-24(17-22)35-4)27(33)20-36-25-15-13-23(30)14-16-25/h5-17,26H,18-20H2,1-4H3,(H,31,34)/t26-/m1/s1. The van der Waals surface area contributed by atoms with Crippen LogP contribution in [0.4, 0.5) is 0 Å². The Kier molecular flexibility index (Phi) is 9.85. The van der Waals surface area contributed by atoms with Crippen molar-refractivity contribution in [2.24, 2.45) is 0 Å². The third-order valence-electron chi connectivity index (χ3n) is 5.43. The summed E-state index contributed by atoms with van der Waals surface area (Å²) in [6.07, 6.45) is 0.407. The highest BCUT2D eigenvalue weighted by molar-refractivity contribution is 8.00. The number of thioether (sulfide) groups is 1. The molecule has 2 amide bonds. The van der Waals surface area contributed by atoms with E-state index in [0.29, 0.717) is 17.2 Å². The van der Waals surface area contributed by atoms with E-state index in [1.807, 2.05) is 87.5 Å². The highest BCUT2D eigenvalue weighted by atomic mass is 35.5. The molecule has 0 saturated heterocycles. The summed E-state index contributed by atoms with van der Waals surface area (Å²) < 4.78 is 5.38. The molecule has 0 aliphatic heterocycles. The molecule has 0 bridgehead atoms. The molecule has 3 aromatic rings. The number of ether oxygens (including phenoxy) is 1. The van der Waals surface area contributed by atoms with Gasteiger partial charge in [0.2, 0.25) is 11.8 Å². The molecule has 0 unspecified atom stereocenters. The lowest BCUT2D eigenvalue weighted by Gasteiger charge is -2.34. The SMILES string of the molecule is COc1cccc(CN(C(=O)CSc2ccc(Cl)cc2)[C@H](Cc2ccccc2)C(=O)NC(C)(C)C)c1. The topological polar surface area (TPSA) is 58.6 Å². The van der Waals surface area contributed by atoms with Gasteiger partial charge in [-0.25, -0.2) is 0 Å². The van der Waals surface area contributed by atoms with Crippen molar-refractivity contribution in [1.82, 2.24) is 10.2 Å². The Morgan fingerprint density at radius 2 is 1.64 bits per heavy atom. The van der Waals surface area contributed by atoms with Crippen LogP contribution in [0.5, 0.6) is 5.75 Å². The normalized spacial score (nSPS) is 12.0. The maximum Gasteiger partial charge on any atom is 0.243 e. The largest absolute Gasteiger partial charge is 0.497 e. The van der Waals surface area contributed by atoms with Crippen LogP contribution >= 0.6 is 23.4 Å². The van der Waals surface area contributed by atoms with Crippen LogP contribution in [0.2, 0.25) is 5.02 Å². The van der Waals surface area contributed by atoms with Crippen molar-refractivity contribution in [2.75, 3.05) is 12.9 Å². The molecule has 0 heterocycles. The molecule has 0 aliphatic rings. The first-order chi connectivity index (χ1) is 17.1. The molecular weight excluding hydrogens is 492 g/mol. The van der Waals surface area contributed by atoms with E-state index in [1.165, 1.54) is 11.8 Å². The van der Waals surface area contributed by atoms with E-state index >= 15 is 0 Å². The summed E-state index contributed by atoms with van der Waals surface area (Å²) >= 11 is 7.43. The Labute approximate surface area is 223 Å². The maximum absolute atomic E-state index is 13.7. The third-order valence-corrected chi connectivity index (χ3v) is 6.68. The first kappa shape index (κ1) is 27.6. The zero-order valence-electron chi connectivity index (χ0n) is 21.2. The van der Waals surface area contributed by atoms with Crippen LogP contribution in [0, 0.1) is 0 Å². The number of methoxy groups -OCH3 is 1. The number of nitrogens with zero attached hydrogens (tertiary/aromatic N) is 1. The number of amides is 2. The molecule has 190 valence electrons. The third kappa shape index (κ3) is 8.61. The first-order valence-electron chi connectivity index (χ1n) is 11.8. The number of carbonyl (C=O) groups is 2. The van der Waals surface area contributed by atoms with Crippen molar-refractivity contribution in [2.45, 2.75) is 50.2 Å². The molecule has 0 fully saturated rings. The maximum atomic E-state index is 13.7. The highest BCUT2D eigenvalue weighted by Gasteiger charge is 2.32. The molecule has 0 aromatic heterocycles. The number of halogens is 1. The van der Waals surface area contributed by atoms with Gasteiger partial charge in [0, 0.05) is 28.4 Å². The molecule has 3 rings (SSSR count). The fraction of sp³-hybridized carbons (Fsp3) is 0.310. The van der Waals surface area contributed by atoms with Crippen molar-refractivity contribution in [3.8, 4) is 5.75 Å². The van der Waals surface area contributed by atoms with E-state index < -0.39 is 11.6 Å². The Hall–Kier alpha value is -2.96. The summed E-state index contributed by atoms with van der Waals surface area (Å²) in [5, 5.41) is 3.73. The van der Waals surface area contributed by atoms with Crippen molar-refractivity contribution in [3.63, 3.8) is 0 Å². The Bertz CT molecular complexity index is 1150. The van der Waals surface area contributed by atoms with Crippen LogP contribution in [-0.2, 0) is 22.6 Å². The molecule has 36 heavy (non-hydrogen) atoms. The monoisotopic (exact) mass is 524 g/mol. The molecule has 5 nitrogen and oxygen atoms in total. The van der Waals surface area contributed by atoms with Gasteiger partial charge < -0.3 is 15.0 Å². The van der Waals surface area contributed by atoms with Crippen molar-refractivity contribution < 1.29 is 14.3 Å². The van der Waals surface area contributed by atoms with Gasteiger partial charge in [-0.1, -0.05) is 54.1 Å². The van der Waals surface area contributed by atoms with Gasteiger partial charge in [0.1, 0.15) is 11.8 Å². The first-order valence-corrected chi connectivity index (χ1v) is 13.2. The van der Waals surface area contributed by atoms with Gasteiger partial charge >= 0.3 is 0 Å². The van der Waals surface area contributed by atoms with Crippen LogP contribution in [0.25, 0.3) is 0 Å². The van der Waals surface area contributed by atoms with Gasteiger partial charge in [0.15, 0.2) is 0 Å². The molecule has 0 saturated carbocycles. The smallest absolute Gasteiger partial charge is 0.243 e. The average Bonchev–Trinajstić information content (AvgIpc) is 2.85. The van der Waals surface area contributed by atoms with Gasteiger partial charge in [0.05, 0.1) is 12.9 Å². The highest BCUT2D eigenvalue weighted by Crippen LogP contribution is 2.24. The minimum absolute atomic E-state index is 0.122. The molecule has 1 atom stereocenters. The van der Waals surface area contributed by atoms with Crippen LogP contribution in [-0.4, -0.2) is 41.2 Å². The number of rotatable bonds is 10. The van der Waals surface area contributed by atoms with Gasteiger partial charge in [-0.15, -0.1) is 11.8 Å².